The van der Waals surface area contributed by atoms with Gasteiger partial charge in [-0.15, -0.1) is 0 Å². The Morgan fingerprint density at radius 3 is 2.65 bits per heavy atom. The summed E-state index contributed by atoms with van der Waals surface area (Å²) in [6.07, 6.45) is 2.52. The minimum absolute atomic E-state index is 0.0698. The van der Waals surface area contributed by atoms with Crippen LogP contribution in [0.15, 0.2) is 35.4 Å². The lowest BCUT2D eigenvalue weighted by atomic mass is 9.78. The van der Waals surface area contributed by atoms with Crippen LogP contribution in [0.3, 0.4) is 0 Å². The maximum absolute atomic E-state index is 13.8. The third-order valence-corrected chi connectivity index (χ3v) is 7.57. The van der Waals surface area contributed by atoms with Crippen molar-refractivity contribution in [3.05, 3.63) is 52.3 Å². The SMILES string of the molecule is Cc1cc(N2C[C@H]3C[C@@H](C2)[C@H](C(=O)N2C[C@H]4COC[C@H]4C2)n2c3cccc2=O)ncn1. The Balaban J connectivity index is 1.37. The first-order valence-electron chi connectivity index (χ1n) is 11.2. The predicted octanol–water partition coefficient (Wildman–Crippen LogP) is 1.22. The van der Waals surface area contributed by atoms with Crippen LogP contribution in [0.2, 0.25) is 0 Å². The number of fused-ring (bicyclic) bond motifs is 5. The highest BCUT2D eigenvalue weighted by Crippen LogP contribution is 2.43. The van der Waals surface area contributed by atoms with Crippen LogP contribution in [0.5, 0.6) is 0 Å². The minimum atomic E-state index is -0.453. The van der Waals surface area contributed by atoms with Gasteiger partial charge in [0.2, 0.25) is 5.91 Å². The second-order valence-corrected chi connectivity index (χ2v) is 9.52. The summed E-state index contributed by atoms with van der Waals surface area (Å²) >= 11 is 0. The van der Waals surface area contributed by atoms with E-state index in [2.05, 4.69) is 14.9 Å². The molecule has 31 heavy (non-hydrogen) atoms. The first-order valence-corrected chi connectivity index (χ1v) is 11.2. The van der Waals surface area contributed by atoms with Crippen LogP contribution in [0.25, 0.3) is 0 Å². The van der Waals surface area contributed by atoms with E-state index in [1.165, 1.54) is 0 Å². The van der Waals surface area contributed by atoms with Crippen LogP contribution in [0, 0.1) is 24.7 Å². The Labute approximate surface area is 180 Å². The van der Waals surface area contributed by atoms with Gasteiger partial charge in [-0.3, -0.25) is 14.2 Å². The van der Waals surface area contributed by atoms with Crippen molar-refractivity contribution in [1.29, 1.82) is 0 Å². The Kier molecular flexibility index (Phi) is 4.38. The molecule has 0 aromatic carbocycles. The number of nitrogens with zero attached hydrogens (tertiary/aromatic N) is 5. The highest BCUT2D eigenvalue weighted by molar-refractivity contribution is 5.82. The number of carbonyl (C=O) groups is 1. The lowest BCUT2D eigenvalue weighted by Gasteiger charge is -2.47. The molecule has 0 unspecified atom stereocenters. The van der Waals surface area contributed by atoms with Crippen molar-refractivity contribution in [2.24, 2.45) is 17.8 Å². The van der Waals surface area contributed by atoms with Crippen LogP contribution in [-0.4, -0.2) is 64.7 Å². The molecule has 4 aliphatic heterocycles. The number of likely N-dealkylation sites (tertiary alicyclic amines) is 1. The van der Waals surface area contributed by atoms with E-state index in [1.807, 2.05) is 30.0 Å². The van der Waals surface area contributed by atoms with Crippen molar-refractivity contribution in [3.8, 4) is 0 Å². The van der Waals surface area contributed by atoms with Gasteiger partial charge in [-0.25, -0.2) is 9.97 Å². The average Bonchev–Trinajstić information content (AvgIpc) is 3.37. The summed E-state index contributed by atoms with van der Waals surface area (Å²) in [6, 6.07) is 6.97. The summed E-state index contributed by atoms with van der Waals surface area (Å²) in [6.45, 7) is 6.43. The summed E-state index contributed by atoms with van der Waals surface area (Å²) in [5, 5.41) is 0. The fourth-order valence-electron chi connectivity index (χ4n) is 6.11. The maximum atomic E-state index is 13.8. The molecule has 4 aliphatic rings. The molecule has 0 radical (unpaired) electrons. The third kappa shape index (κ3) is 3.07. The van der Waals surface area contributed by atoms with Gasteiger partial charge in [0.05, 0.1) is 13.2 Å². The minimum Gasteiger partial charge on any atom is -0.381 e. The largest absolute Gasteiger partial charge is 0.381 e. The molecule has 1 amide bonds. The van der Waals surface area contributed by atoms with Gasteiger partial charge in [0.1, 0.15) is 18.2 Å². The van der Waals surface area contributed by atoms with Gasteiger partial charge in [0.15, 0.2) is 0 Å². The van der Waals surface area contributed by atoms with Crippen molar-refractivity contribution < 1.29 is 9.53 Å². The number of ether oxygens (including phenoxy) is 1. The van der Waals surface area contributed by atoms with Crippen molar-refractivity contribution >= 4 is 11.7 Å². The van der Waals surface area contributed by atoms with Crippen LogP contribution in [-0.2, 0) is 9.53 Å². The Hall–Kier alpha value is -2.74. The van der Waals surface area contributed by atoms with E-state index < -0.39 is 6.04 Å². The summed E-state index contributed by atoms with van der Waals surface area (Å²) < 4.78 is 7.39. The molecule has 0 saturated carbocycles. The highest BCUT2D eigenvalue weighted by atomic mass is 16.5. The zero-order chi connectivity index (χ0) is 21.1. The van der Waals surface area contributed by atoms with Gasteiger partial charge in [-0.2, -0.15) is 0 Å². The van der Waals surface area contributed by atoms with Crippen LogP contribution in [0.4, 0.5) is 5.82 Å². The van der Waals surface area contributed by atoms with E-state index in [1.54, 1.807) is 17.0 Å². The lowest BCUT2D eigenvalue weighted by Crippen LogP contribution is -2.54. The summed E-state index contributed by atoms with van der Waals surface area (Å²) in [7, 11) is 0. The maximum Gasteiger partial charge on any atom is 0.251 e. The number of rotatable bonds is 2. The van der Waals surface area contributed by atoms with Crippen LogP contribution >= 0.6 is 0 Å². The molecule has 0 N–H and O–H groups in total. The number of aryl methyl sites for hydroxylation is 1. The van der Waals surface area contributed by atoms with Gasteiger partial charge in [0, 0.05) is 73.4 Å². The summed E-state index contributed by atoms with van der Waals surface area (Å²) in [5.74, 6) is 2.13. The second kappa shape index (κ2) is 7.15. The van der Waals surface area contributed by atoms with Crippen LogP contribution < -0.4 is 10.5 Å². The number of carbonyl (C=O) groups excluding carboxylic acids is 1. The Bertz CT molecular complexity index is 1070. The van der Waals surface area contributed by atoms with Gasteiger partial charge < -0.3 is 14.5 Å². The summed E-state index contributed by atoms with van der Waals surface area (Å²) in [5.41, 5.74) is 1.83. The number of hydrogen-bond acceptors (Lipinski definition) is 6. The smallest absolute Gasteiger partial charge is 0.251 e. The number of amides is 1. The van der Waals surface area contributed by atoms with E-state index in [9.17, 15) is 9.59 Å². The average molecular weight is 422 g/mol. The zero-order valence-corrected chi connectivity index (χ0v) is 17.7. The van der Waals surface area contributed by atoms with E-state index in [4.69, 9.17) is 4.74 Å². The predicted molar refractivity (Wildman–Crippen MR) is 114 cm³/mol. The molecule has 2 bridgehead atoms. The number of piperidine rings is 1. The highest BCUT2D eigenvalue weighted by Gasteiger charge is 2.48. The molecule has 6 rings (SSSR count). The molecular formula is C23H27N5O3. The van der Waals surface area contributed by atoms with E-state index in [0.717, 1.165) is 56.5 Å². The fourth-order valence-corrected chi connectivity index (χ4v) is 6.11. The molecule has 3 saturated heterocycles. The summed E-state index contributed by atoms with van der Waals surface area (Å²) in [4.78, 5) is 39.7. The van der Waals surface area contributed by atoms with Crippen molar-refractivity contribution in [2.45, 2.75) is 25.3 Å². The lowest BCUT2D eigenvalue weighted by molar-refractivity contribution is -0.137. The standard InChI is InChI=1S/C23H27N5O3/c1-14-5-20(25-13-24-14)26-7-15-6-16(8-26)22(28-19(15)3-2-4-21(28)29)23(30)27-9-17-11-31-12-18(17)10-27/h2-5,13,15-18,22H,6-12H2,1H3/t15-,16+,17-,18+,22-/m1/s1. The zero-order valence-electron chi connectivity index (χ0n) is 17.7. The van der Waals surface area contributed by atoms with Crippen LogP contribution in [0.1, 0.15) is 29.8 Å². The molecule has 8 nitrogen and oxygen atoms in total. The Morgan fingerprint density at radius 2 is 1.87 bits per heavy atom. The van der Waals surface area contributed by atoms with Gasteiger partial charge in [-0.05, 0) is 19.4 Å². The van der Waals surface area contributed by atoms with Crippen molar-refractivity contribution in [2.75, 3.05) is 44.3 Å². The molecule has 0 aliphatic carbocycles. The van der Waals surface area contributed by atoms with Gasteiger partial charge >= 0.3 is 0 Å². The second-order valence-electron chi connectivity index (χ2n) is 9.52. The Morgan fingerprint density at radius 1 is 1.06 bits per heavy atom. The molecule has 2 aromatic rings. The number of anilines is 1. The molecule has 3 fully saturated rings. The quantitative estimate of drug-likeness (QED) is 0.725. The van der Waals surface area contributed by atoms with Crippen molar-refractivity contribution in [3.63, 3.8) is 0 Å². The number of hydrogen-bond donors (Lipinski definition) is 0. The molecule has 6 heterocycles. The normalized spacial score (nSPS) is 31.5. The number of aromatic nitrogens is 3. The monoisotopic (exact) mass is 421 g/mol. The van der Waals surface area contributed by atoms with Gasteiger partial charge in [-0.1, -0.05) is 6.07 Å². The van der Waals surface area contributed by atoms with E-state index >= 15 is 0 Å². The topological polar surface area (TPSA) is 80.6 Å². The van der Waals surface area contributed by atoms with E-state index in [-0.39, 0.29) is 23.3 Å². The van der Waals surface area contributed by atoms with Gasteiger partial charge in [0.25, 0.3) is 5.56 Å². The van der Waals surface area contributed by atoms with Crippen molar-refractivity contribution in [1.82, 2.24) is 19.4 Å². The molecule has 8 heteroatoms. The molecule has 0 spiro atoms. The molecule has 2 aromatic heterocycles. The molecular weight excluding hydrogens is 394 g/mol. The fraction of sp³-hybridized carbons (Fsp3) is 0.565. The molecule has 162 valence electrons. The first-order chi connectivity index (χ1) is 15.1. The number of pyridine rings is 1. The van der Waals surface area contributed by atoms with E-state index in [0.29, 0.717) is 18.4 Å². The third-order valence-electron chi connectivity index (χ3n) is 7.57. The first kappa shape index (κ1) is 19.0. The molecule has 5 atom stereocenters.